The van der Waals surface area contributed by atoms with Gasteiger partial charge in [-0.25, -0.2) is 13.1 Å². The number of ether oxygens (including phenoxy) is 1. The van der Waals surface area contributed by atoms with Gasteiger partial charge in [0.05, 0.1) is 11.5 Å². The maximum atomic E-state index is 12.2. The Labute approximate surface area is 129 Å². The van der Waals surface area contributed by atoms with Crippen molar-refractivity contribution in [2.75, 3.05) is 25.2 Å². The lowest BCUT2D eigenvalue weighted by molar-refractivity contribution is 0.204. The van der Waals surface area contributed by atoms with E-state index in [2.05, 4.69) is 4.72 Å². The minimum Gasteiger partial charge on any atom is -0.383 e. The number of rotatable bonds is 5. The van der Waals surface area contributed by atoms with Crippen molar-refractivity contribution in [3.63, 3.8) is 0 Å². The molecule has 0 fully saturated rings. The molecular formula is C13H17ClN2O4S. The molecule has 0 aromatic heterocycles. The zero-order valence-corrected chi connectivity index (χ0v) is 13.4. The third-order valence-corrected chi connectivity index (χ3v) is 5.01. The normalized spacial score (nSPS) is 17.9. The molecule has 1 aromatic rings. The van der Waals surface area contributed by atoms with Gasteiger partial charge in [0.2, 0.25) is 10.0 Å². The molecule has 0 bridgehead atoms. The van der Waals surface area contributed by atoms with E-state index in [0.717, 1.165) is 5.56 Å². The highest BCUT2D eigenvalue weighted by Crippen LogP contribution is 2.34. The van der Waals surface area contributed by atoms with Gasteiger partial charge < -0.3 is 4.74 Å². The second-order valence-corrected chi connectivity index (χ2v) is 6.95. The number of methoxy groups -OCH3 is 1. The Morgan fingerprint density at radius 3 is 2.86 bits per heavy atom. The first-order valence-electron chi connectivity index (χ1n) is 6.47. The monoisotopic (exact) mass is 332 g/mol. The molecule has 21 heavy (non-hydrogen) atoms. The molecule has 0 saturated heterocycles. The smallest absolute Gasteiger partial charge is 0.321 e. The summed E-state index contributed by atoms with van der Waals surface area (Å²) in [4.78, 5) is 13.0. The predicted molar refractivity (Wildman–Crippen MR) is 80.4 cm³/mol. The number of fused-ring (bicyclic) bond motifs is 1. The van der Waals surface area contributed by atoms with E-state index in [1.807, 2.05) is 6.92 Å². The van der Waals surface area contributed by atoms with Crippen LogP contribution in [0.5, 0.6) is 0 Å². The van der Waals surface area contributed by atoms with Crippen molar-refractivity contribution in [1.29, 1.82) is 0 Å². The van der Waals surface area contributed by atoms with Crippen LogP contribution >= 0.6 is 11.6 Å². The van der Waals surface area contributed by atoms with Crippen LogP contribution in [0.2, 0.25) is 0 Å². The first kappa shape index (κ1) is 16.2. The maximum absolute atomic E-state index is 12.2. The van der Waals surface area contributed by atoms with Gasteiger partial charge in [0, 0.05) is 25.4 Å². The molecule has 1 amide bonds. The summed E-state index contributed by atoms with van der Waals surface area (Å²) in [5, 5.41) is -0.608. The van der Waals surface area contributed by atoms with Crippen LogP contribution < -0.4 is 9.62 Å². The molecule has 1 atom stereocenters. The molecule has 8 heteroatoms. The van der Waals surface area contributed by atoms with Gasteiger partial charge in [0.15, 0.2) is 0 Å². The number of benzene rings is 1. The first-order valence-corrected chi connectivity index (χ1v) is 8.33. The summed E-state index contributed by atoms with van der Waals surface area (Å²) < 4.78 is 31.6. The second kappa shape index (κ2) is 6.31. The summed E-state index contributed by atoms with van der Waals surface area (Å²) in [7, 11) is -2.14. The standard InChI is InChI=1S/C13H17ClN2O4S/c1-9-7-10-3-4-11(8-12(10)16(9)13(14)17)21(18,19)15-5-6-20-2/h3-4,8-9,15H,5-7H2,1-2H3. The minimum atomic E-state index is -3.63. The van der Waals surface area contributed by atoms with Crippen LogP contribution in [-0.2, 0) is 21.2 Å². The molecule has 1 unspecified atom stereocenters. The number of halogens is 1. The molecule has 0 aliphatic carbocycles. The molecule has 116 valence electrons. The fraction of sp³-hybridized carbons (Fsp3) is 0.462. The molecule has 1 aliphatic heterocycles. The maximum Gasteiger partial charge on any atom is 0.321 e. The van der Waals surface area contributed by atoms with Crippen LogP contribution in [0.4, 0.5) is 10.5 Å². The lowest BCUT2D eigenvalue weighted by Crippen LogP contribution is -2.31. The Morgan fingerprint density at radius 2 is 2.24 bits per heavy atom. The van der Waals surface area contributed by atoms with E-state index < -0.39 is 15.4 Å². The van der Waals surface area contributed by atoms with Crippen molar-refractivity contribution in [2.24, 2.45) is 0 Å². The molecule has 1 aromatic carbocycles. The van der Waals surface area contributed by atoms with Crippen molar-refractivity contribution in [3.05, 3.63) is 23.8 Å². The molecule has 2 rings (SSSR count). The molecule has 1 aliphatic rings. The summed E-state index contributed by atoms with van der Waals surface area (Å²) in [5.74, 6) is 0. The number of nitrogens with one attached hydrogen (secondary N) is 1. The Morgan fingerprint density at radius 1 is 1.52 bits per heavy atom. The van der Waals surface area contributed by atoms with Gasteiger partial charge in [0.1, 0.15) is 0 Å². The van der Waals surface area contributed by atoms with E-state index in [1.54, 1.807) is 6.07 Å². The Balaban J connectivity index is 2.31. The number of carbonyl (C=O) groups is 1. The Kier molecular flexibility index (Phi) is 4.88. The average Bonchev–Trinajstić information content (AvgIpc) is 2.73. The SMILES string of the molecule is COCCNS(=O)(=O)c1ccc2c(c1)N(C(=O)Cl)C(C)C2. The lowest BCUT2D eigenvalue weighted by Gasteiger charge is -2.19. The van der Waals surface area contributed by atoms with Gasteiger partial charge in [0.25, 0.3) is 0 Å². The minimum absolute atomic E-state index is 0.0793. The number of anilines is 1. The van der Waals surface area contributed by atoms with Gasteiger partial charge in [-0.2, -0.15) is 0 Å². The van der Waals surface area contributed by atoms with E-state index >= 15 is 0 Å². The molecule has 0 radical (unpaired) electrons. The highest BCUT2D eigenvalue weighted by atomic mass is 35.5. The van der Waals surface area contributed by atoms with Crippen LogP contribution in [0, 0.1) is 0 Å². The zero-order valence-electron chi connectivity index (χ0n) is 11.8. The third-order valence-electron chi connectivity index (χ3n) is 3.37. The largest absolute Gasteiger partial charge is 0.383 e. The number of sulfonamides is 1. The quantitative estimate of drug-likeness (QED) is 0.506. The fourth-order valence-corrected chi connectivity index (χ4v) is 3.67. The van der Waals surface area contributed by atoms with Crippen molar-refractivity contribution < 1.29 is 17.9 Å². The number of amides is 1. The van der Waals surface area contributed by atoms with E-state index in [9.17, 15) is 13.2 Å². The summed E-state index contributed by atoms with van der Waals surface area (Å²) in [6, 6.07) is 4.65. The van der Waals surface area contributed by atoms with Crippen LogP contribution in [0.1, 0.15) is 12.5 Å². The molecular weight excluding hydrogens is 316 g/mol. The number of hydrogen-bond acceptors (Lipinski definition) is 4. The van der Waals surface area contributed by atoms with Gasteiger partial charge in [-0.05, 0) is 42.6 Å². The van der Waals surface area contributed by atoms with E-state index in [-0.39, 0.29) is 24.1 Å². The number of carbonyl (C=O) groups excluding carboxylic acids is 1. The summed E-state index contributed by atoms with van der Waals surface area (Å²) in [6.45, 7) is 2.34. The second-order valence-electron chi connectivity index (χ2n) is 4.86. The van der Waals surface area contributed by atoms with Crippen LogP contribution in [0.3, 0.4) is 0 Å². The number of nitrogens with zero attached hydrogens (tertiary/aromatic N) is 1. The molecule has 6 nitrogen and oxygen atoms in total. The highest BCUT2D eigenvalue weighted by Gasteiger charge is 2.31. The molecule has 0 spiro atoms. The summed E-state index contributed by atoms with van der Waals surface area (Å²) in [6.07, 6.45) is 0.658. The average molecular weight is 333 g/mol. The van der Waals surface area contributed by atoms with Gasteiger partial charge in [-0.3, -0.25) is 9.69 Å². The van der Waals surface area contributed by atoms with E-state index in [4.69, 9.17) is 16.3 Å². The Bertz CT molecular complexity index is 648. The fourth-order valence-electron chi connectivity index (χ4n) is 2.38. The topological polar surface area (TPSA) is 75.7 Å². The van der Waals surface area contributed by atoms with Crippen molar-refractivity contribution in [1.82, 2.24) is 4.72 Å². The lowest BCUT2D eigenvalue weighted by atomic mass is 10.1. The number of hydrogen-bond donors (Lipinski definition) is 1. The zero-order chi connectivity index (χ0) is 15.6. The van der Waals surface area contributed by atoms with Crippen LogP contribution in [0.25, 0.3) is 0 Å². The van der Waals surface area contributed by atoms with Crippen LogP contribution in [-0.4, -0.2) is 40.1 Å². The van der Waals surface area contributed by atoms with Gasteiger partial charge in [-0.1, -0.05) is 6.07 Å². The molecule has 0 saturated carbocycles. The highest BCUT2D eigenvalue weighted by molar-refractivity contribution is 7.89. The summed E-state index contributed by atoms with van der Waals surface area (Å²) in [5.41, 5.74) is 1.46. The van der Waals surface area contributed by atoms with Crippen molar-refractivity contribution in [2.45, 2.75) is 24.3 Å². The van der Waals surface area contributed by atoms with Crippen LogP contribution in [0.15, 0.2) is 23.1 Å². The van der Waals surface area contributed by atoms with Crippen molar-refractivity contribution in [3.8, 4) is 0 Å². The predicted octanol–water partition coefficient (Wildman–Crippen LogP) is 1.72. The van der Waals surface area contributed by atoms with Gasteiger partial charge >= 0.3 is 5.37 Å². The summed E-state index contributed by atoms with van der Waals surface area (Å²) >= 11 is 5.58. The third kappa shape index (κ3) is 3.37. The van der Waals surface area contributed by atoms with Gasteiger partial charge in [-0.15, -0.1) is 0 Å². The van der Waals surface area contributed by atoms with Crippen molar-refractivity contribution >= 4 is 32.7 Å². The van der Waals surface area contributed by atoms with E-state index in [1.165, 1.54) is 24.1 Å². The molecule has 1 N–H and O–H groups in total. The van der Waals surface area contributed by atoms with E-state index in [0.29, 0.717) is 12.1 Å². The molecule has 1 heterocycles. The first-order chi connectivity index (χ1) is 9.86. The Hall–Kier alpha value is -1.15.